The lowest BCUT2D eigenvalue weighted by Crippen LogP contribution is -2.29. The van der Waals surface area contributed by atoms with Crippen molar-refractivity contribution in [2.45, 2.75) is 25.5 Å². The molecule has 160 valence electrons. The van der Waals surface area contributed by atoms with Gasteiger partial charge in [-0.2, -0.15) is 9.83 Å². The molecule has 32 heavy (non-hydrogen) atoms. The summed E-state index contributed by atoms with van der Waals surface area (Å²) in [5.41, 5.74) is 5.14. The van der Waals surface area contributed by atoms with E-state index in [9.17, 15) is 0 Å². The first-order chi connectivity index (χ1) is 15.8. The lowest BCUT2D eigenvalue weighted by Gasteiger charge is -2.22. The second kappa shape index (κ2) is 8.13. The highest BCUT2D eigenvalue weighted by Gasteiger charge is 2.16. The Bertz CT molecular complexity index is 1380. The number of pyridine rings is 1. The molecule has 0 amide bonds. The Hall–Kier alpha value is -3.64. The number of piperidine rings is 1. The molecule has 1 aliphatic heterocycles. The van der Waals surface area contributed by atoms with Gasteiger partial charge in [0.2, 0.25) is 0 Å². The number of nitrogens with zero attached hydrogens (tertiary/aromatic N) is 4. The monoisotopic (exact) mass is 423 g/mol. The third-order valence-corrected chi connectivity index (χ3v) is 6.30. The zero-order chi connectivity index (χ0) is 21.3. The maximum Gasteiger partial charge on any atom is 0.140 e. The quantitative estimate of drug-likeness (QED) is 0.449. The fourth-order valence-electron chi connectivity index (χ4n) is 4.49. The number of benzene rings is 2. The molecule has 0 aliphatic carbocycles. The van der Waals surface area contributed by atoms with Crippen LogP contribution in [-0.4, -0.2) is 32.6 Å². The molecule has 0 spiro atoms. The summed E-state index contributed by atoms with van der Waals surface area (Å²) in [6.45, 7) is 2.59. The topological polar surface area (TPSA) is 56.9 Å². The SMILES string of the molecule is c1ccc2cc(COn3ccc4ncc(-c5cnn(C6CCNCC6)c5)cc43)ccc2c1. The summed E-state index contributed by atoms with van der Waals surface area (Å²) in [7, 11) is 0. The molecule has 1 N–H and O–H groups in total. The maximum atomic E-state index is 6.13. The van der Waals surface area contributed by atoms with Crippen molar-refractivity contribution >= 4 is 21.8 Å². The molecular weight excluding hydrogens is 398 g/mol. The minimum Gasteiger partial charge on any atom is -0.409 e. The summed E-state index contributed by atoms with van der Waals surface area (Å²) in [5.74, 6) is 0. The Kier molecular flexibility index (Phi) is 4.85. The first kappa shape index (κ1) is 19.1. The van der Waals surface area contributed by atoms with Gasteiger partial charge in [0, 0.05) is 29.7 Å². The third kappa shape index (κ3) is 3.63. The average Bonchev–Trinajstić information content (AvgIpc) is 3.50. The van der Waals surface area contributed by atoms with Gasteiger partial charge in [-0.3, -0.25) is 9.67 Å². The molecule has 0 atom stereocenters. The zero-order valence-electron chi connectivity index (χ0n) is 17.8. The van der Waals surface area contributed by atoms with Crippen LogP contribution in [0.3, 0.4) is 0 Å². The van der Waals surface area contributed by atoms with Crippen LogP contribution in [0.2, 0.25) is 0 Å². The van der Waals surface area contributed by atoms with Crippen LogP contribution in [0, 0.1) is 0 Å². The van der Waals surface area contributed by atoms with Gasteiger partial charge in [-0.15, -0.1) is 0 Å². The minimum atomic E-state index is 0.468. The van der Waals surface area contributed by atoms with Crippen LogP contribution in [0.25, 0.3) is 32.9 Å². The molecule has 6 heteroatoms. The molecule has 4 heterocycles. The number of rotatable bonds is 5. The summed E-state index contributed by atoms with van der Waals surface area (Å²) in [6.07, 6.45) is 10.2. The highest BCUT2D eigenvalue weighted by Crippen LogP contribution is 2.26. The van der Waals surface area contributed by atoms with Crippen molar-refractivity contribution in [1.82, 2.24) is 24.8 Å². The number of aromatic nitrogens is 4. The molecule has 6 rings (SSSR count). The van der Waals surface area contributed by atoms with E-state index in [1.165, 1.54) is 10.8 Å². The van der Waals surface area contributed by atoms with Gasteiger partial charge in [0.05, 0.1) is 17.8 Å². The van der Waals surface area contributed by atoms with E-state index in [1.807, 2.05) is 29.4 Å². The molecule has 0 saturated carbocycles. The Balaban J connectivity index is 1.24. The molecular formula is C26H25N5O. The van der Waals surface area contributed by atoms with Crippen LogP contribution in [0.5, 0.6) is 0 Å². The zero-order valence-corrected chi connectivity index (χ0v) is 17.8. The number of nitrogens with one attached hydrogen (secondary N) is 1. The van der Waals surface area contributed by atoms with Crippen molar-refractivity contribution in [1.29, 1.82) is 0 Å². The van der Waals surface area contributed by atoms with Crippen LogP contribution >= 0.6 is 0 Å². The van der Waals surface area contributed by atoms with E-state index in [0.29, 0.717) is 12.6 Å². The van der Waals surface area contributed by atoms with Crippen molar-refractivity contribution in [2.24, 2.45) is 0 Å². The van der Waals surface area contributed by atoms with Crippen LogP contribution in [-0.2, 0) is 6.61 Å². The molecule has 1 saturated heterocycles. The van der Waals surface area contributed by atoms with Gasteiger partial charge >= 0.3 is 0 Å². The largest absolute Gasteiger partial charge is 0.409 e. The summed E-state index contributed by atoms with van der Waals surface area (Å²) in [4.78, 5) is 10.8. The van der Waals surface area contributed by atoms with Gasteiger partial charge in [-0.1, -0.05) is 36.4 Å². The van der Waals surface area contributed by atoms with Gasteiger partial charge in [0.1, 0.15) is 12.1 Å². The molecule has 0 radical (unpaired) electrons. The van der Waals surface area contributed by atoms with Crippen molar-refractivity contribution in [3.63, 3.8) is 0 Å². The van der Waals surface area contributed by atoms with Gasteiger partial charge in [0.15, 0.2) is 0 Å². The molecule has 2 aromatic carbocycles. The van der Waals surface area contributed by atoms with Crippen molar-refractivity contribution in [3.05, 3.63) is 84.9 Å². The highest BCUT2D eigenvalue weighted by molar-refractivity contribution is 5.83. The number of hydrogen-bond acceptors (Lipinski definition) is 4. The van der Waals surface area contributed by atoms with Gasteiger partial charge in [-0.05, 0) is 60.5 Å². The third-order valence-electron chi connectivity index (χ3n) is 6.30. The first-order valence-corrected chi connectivity index (χ1v) is 11.2. The van der Waals surface area contributed by atoms with Gasteiger partial charge in [0.25, 0.3) is 0 Å². The fraction of sp³-hybridized carbons (Fsp3) is 0.231. The predicted molar refractivity (Wildman–Crippen MR) is 126 cm³/mol. The Labute approximate surface area is 186 Å². The molecule has 1 aliphatic rings. The molecule has 0 bridgehead atoms. The van der Waals surface area contributed by atoms with Crippen LogP contribution < -0.4 is 10.2 Å². The Morgan fingerprint density at radius 3 is 2.72 bits per heavy atom. The van der Waals surface area contributed by atoms with Crippen LogP contribution in [0.4, 0.5) is 0 Å². The molecule has 0 unspecified atom stereocenters. The minimum absolute atomic E-state index is 0.468. The van der Waals surface area contributed by atoms with E-state index in [-0.39, 0.29) is 0 Å². The second-order valence-electron chi connectivity index (χ2n) is 8.42. The second-order valence-corrected chi connectivity index (χ2v) is 8.42. The van der Waals surface area contributed by atoms with E-state index in [1.54, 1.807) is 0 Å². The standard InChI is InChI=1S/C26H25N5O/c1-2-4-21-13-19(5-6-20(21)3-1)18-32-31-12-9-25-26(31)14-22(15-28-25)23-16-29-30(17-23)24-7-10-27-11-8-24/h1-6,9,12-17,24,27H,7-8,10-11,18H2. The van der Waals surface area contributed by atoms with E-state index in [2.05, 4.69) is 74.8 Å². The van der Waals surface area contributed by atoms with Crippen molar-refractivity contribution in [3.8, 4) is 11.1 Å². The molecule has 1 fully saturated rings. The summed E-state index contributed by atoms with van der Waals surface area (Å²) >= 11 is 0. The van der Waals surface area contributed by atoms with E-state index < -0.39 is 0 Å². The van der Waals surface area contributed by atoms with Gasteiger partial charge in [-0.25, -0.2) is 0 Å². The maximum absolute atomic E-state index is 6.13. The van der Waals surface area contributed by atoms with Gasteiger partial charge < -0.3 is 10.2 Å². The van der Waals surface area contributed by atoms with Crippen LogP contribution in [0.15, 0.2) is 79.4 Å². The molecule has 3 aromatic heterocycles. The fourth-order valence-corrected chi connectivity index (χ4v) is 4.49. The smallest absolute Gasteiger partial charge is 0.140 e. The van der Waals surface area contributed by atoms with E-state index >= 15 is 0 Å². The lowest BCUT2D eigenvalue weighted by atomic mass is 10.1. The first-order valence-electron chi connectivity index (χ1n) is 11.2. The van der Waals surface area contributed by atoms with E-state index in [4.69, 9.17) is 4.84 Å². The summed E-state index contributed by atoms with van der Waals surface area (Å²) < 4.78 is 3.92. The normalized spacial score (nSPS) is 14.9. The lowest BCUT2D eigenvalue weighted by molar-refractivity contribution is 0.107. The Morgan fingerprint density at radius 2 is 1.81 bits per heavy atom. The average molecular weight is 424 g/mol. The Morgan fingerprint density at radius 1 is 0.938 bits per heavy atom. The number of hydrogen-bond donors (Lipinski definition) is 1. The van der Waals surface area contributed by atoms with Crippen molar-refractivity contribution in [2.75, 3.05) is 13.1 Å². The van der Waals surface area contributed by atoms with Crippen molar-refractivity contribution < 1.29 is 4.84 Å². The predicted octanol–water partition coefficient (Wildman–Crippen LogP) is 4.61. The highest BCUT2D eigenvalue weighted by atomic mass is 16.7. The summed E-state index contributed by atoms with van der Waals surface area (Å²) in [5, 5.41) is 10.5. The summed E-state index contributed by atoms with van der Waals surface area (Å²) in [6, 6.07) is 19.4. The number of fused-ring (bicyclic) bond motifs is 2. The molecule has 5 aromatic rings. The van der Waals surface area contributed by atoms with Crippen LogP contribution in [0.1, 0.15) is 24.4 Å². The van der Waals surface area contributed by atoms with E-state index in [0.717, 1.165) is 53.7 Å². The molecule has 6 nitrogen and oxygen atoms in total.